The first-order valence-corrected chi connectivity index (χ1v) is 16.2. The number of hydrogen-bond acceptors (Lipinski definition) is 6. The maximum Gasteiger partial charge on any atom is 0.242 e. The Morgan fingerprint density at radius 3 is 2.73 bits per heavy atom. The van der Waals surface area contributed by atoms with Crippen molar-refractivity contribution < 1.29 is 23.8 Å². The molecule has 1 aliphatic heterocycles. The van der Waals surface area contributed by atoms with Crippen LogP contribution in [0.1, 0.15) is 68.6 Å². The van der Waals surface area contributed by atoms with Gasteiger partial charge in [-0.25, -0.2) is 4.39 Å². The summed E-state index contributed by atoms with van der Waals surface area (Å²) >= 11 is 1.61. The number of nitrogens with one attached hydrogen (secondary N) is 3. The van der Waals surface area contributed by atoms with Crippen LogP contribution in [0.4, 0.5) is 4.39 Å². The summed E-state index contributed by atoms with van der Waals surface area (Å²) in [6.45, 7) is 2.81. The summed E-state index contributed by atoms with van der Waals surface area (Å²) in [5, 5.41) is 20.9. The van der Waals surface area contributed by atoms with E-state index in [1.807, 2.05) is 6.26 Å². The van der Waals surface area contributed by atoms with Crippen LogP contribution >= 0.6 is 11.8 Å². The Bertz CT molecular complexity index is 1180. The Hall–Kier alpha value is -2.62. The number of aliphatic hydroxyl groups is 1. The van der Waals surface area contributed by atoms with Gasteiger partial charge in [0.05, 0.1) is 18.8 Å². The smallest absolute Gasteiger partial charge is 0.242 e. The number of rotatable bonds is 9. The van der Waals surface area contributed by atoms with Crippen LogP contribution in [0, 0.1) is 5.82 Å². The Balaban J connectivity index is 1.55. The average molecular weight is 586 g/mol. The number of fused-ring (bicyclic) bond motifs is 2. The van der Waals surface area contributed by atoms with E-state index in [2.05, 4.69) is 47.1 Å². The highest BCUT2D eigenvalue weighted by molar-refractivity contribution is 7.98. The van der Waals surface area contributed by atoms with Gasteiger partial charge in [-0.15, -0.1) is 0 Å². The van der Waals surface area contributed by atoms with Crippen molar-refractivity contribution in [2.75, 3.05) is 25.2 Å². The Kier molecular flexibility index (Phi) is 11.5. The molecule has 1 saturated carbocycles. The molecule has 1 heterocycles. The molecule has 1 unspecified atom stereocenters. The molecule has 1 fully saturated rings. The minimum Gasteiger partial charge on any atom is -0.493 e. The number of aryl methyl sites for hydroxylation is 1. The SMILES string of the molecule is CCc1cccc(C2(NC[C@@H](O)[C@@H]3Cc4cc(F)cc(c4)OCCCCCC(=O)NC(CCSC)C(=O)N3)CC2)c1. The fourth-order valence-corrected chi connectivity index (χ4v) is 5.86. The lowest BCUT2D eigenvalue weighted by molar-refractivity contribution is -0.130. The number of thioether (sulfide) groups is 1. The summed E-state index contributed by atoms with van der Waals surface area (Å²) in [5.74, 6) is 0.211. The van der Waals surface area contributed by atoms with Gasteiger partial charge < -0.3 is 25.8 Å². The van der Waals surface area contributed by atoms with E-state index < -0.39 is 24.0 Å². The third kappa shape index (κ3) is 9.18. The lowest BCUT2D eigenvalue weighted by Gasteiger charge is -2.29. The summed E-state index contributed by atoms with van der Waals surface area (Å²) in [4.78, 5) is 26.2. The number of benzene rings is 2. The topological polar surface area (TPSA) is 99.7 Å². The van der Waals surface area contributed by atoms with Crippen LogP contribution in [0.3, 0.4) is 0 Å². The first kappa shape index (κ1) is 31.3. The van der Waals surface area contributed by atoms with Crippen LogP contribution < -0.4 is 20.7 Å². The standard InChI is InChI=1S/C32H44FN3O4S/c1-3-22-8-7-9-24(16-22)32(12-13-32)34-21-29(37)28-19-23-17-25(33)20-26(18-23)40-14-6-4-5-10-30(38)35-27(11-15-41-2)31(39)36-28/h7-9,16-18,20,27-29,34,37H,3-6,10-15,19,21H2,1-2H3,(H,35,38)(H,36,39)/t27?,28-,29+/m0/s1. The van der Waals surface area contributed by atoms with Gasteiger partial charge in [0.25, 0.3) is 0 Å². The minimum absolute atomic E-state index is 0.157. The molecule has 41 heavy (non-hydrogen) atoms. The number of ether oxygens (including phenoxy) is 1. The molecular formula is C32H44FN3O4S. The van der Waals surface area contributed by atoms with Crippen molar-refractivity contribution in [1.82, 2.24) is 16.0 Å². The molecule has 2 bridgehead atoms. The molecule has 0 radical (unpaired) electrons. The fourth-order valence-electron chi connectivity index (χ4n) is 5.39. The molecule has 9 heteroatoms. The van der Waals surface area contributed by atoms with Crippen LogP contribution in [-0.2, 0) is 28.0 Å². The molecule has 2 amide bonds. The van der Waals surface area contributed by atoms with Crippen LogP contribution in [0.15, 0.2) is 42.5 Å². The van der Waals surface area contributed by atoms with Crippen LogP contribution in [0.2, 0.25) is 0 Å². The monoisotopic (exact) mass is 585 g/mol. The number of hydrogen-bond donors (Lipinski definition) is 4. The van der Waals surface area contributed by atoms with E-state index in [-0.39, 0.29) is 30.3 Å². The maximum absolute atomic E-state index is 14.6. The molecular weight excluding hydrogens is 541 g/mol. The van der Waals surface area contributed by atoms with Gasteiger partial charge in [-0.3, -0.25) is 9.59 Å². The first-order chi connectivity index (χ1) is 19.8. The molecule has 7 nitrogen and oxygen atoms in total. The highest BCUT2D eigenvalue weighted by Gasteiger charge is 2.44. The summed E-state index contributed by atoms with van der Waals surface area (Å²) in [6, 6.07) is 11.7. The summed E-state index contributed by atoms with van der Waals surface area (Å²) in [7, 11) is 0. The van der Waals surface area contributed by atoms with Gasteiger partial charge in [-0.2, -0.15) is 11.8 Å². The zero-order valence-corrected chi connectivity index (χ0v) is 25.0. The van der Waals surface area contributed by atoms with Crippen LogP contribution in [-0.4, -0.2) is 60.3 Å². The van der Waals surface area contributed by atoms with E-state index >= 15 is 0 Å². The van der Waals surface area contributed by atoms with Gasteiger partial charge in [-0.05, 0) is 92.2 Å². The molecule has 1 aliphatic carbocycles. The molecule has 2 aliphatic rings. The molecule has 4 N–H and O–H groups in total. The van der Waals surface area contributed by atoms with Crippen molar-refractivity contribution in [3.05, 3.63) is 65.0 Å². The second-order valence-electron chi connectivity index (χ2n) is 11.3. The van der Waals surface area contributed by atoms with Crippen molar-refractivity contribution in [3.8, 4) is 5.75 Å². The van der Waals surface area contributed by atoms with E-state index in [0.29, 0.717) is 42.9 Å². The van der Waals surface area contributed by atoms with Crippen LogP contribution in [0.25, 0.3) is 0 Å². The molecule has 2 aromatic rings. The van der Waals surface area contributed by atoms with E-state index in [0.717, 1.165) is 32.1 Å². The Labute approximate surface area is 247 Å². The van der Waals surface area contributed by atoms with Crippen molar-refractivity contribution in [3.63, 3.8) is 0 Å². The lowest BCUT2D eigenvalue weighted by Crippen LogP contribution is -2.55. The molecule has 0 spiro atoms. The van der Waals surface area contributed by atoms with Gasteiger partial charge in [-0.1, -0.05) is 31.2 Å². The summed E-state index contributed by atoms with van der Waals surface area (Å²) in [6.07, 6.45) is 7.13. The normalized spacial score (nSPS) is 22.2. The maximum atomic E-state index is 14.6. The Morgan fingerprint density at radius 2 is 1.98 bits per heavy atom. The van der Waals surface area contributed by atoms with Gasteiger partial charge in [0, 0.05) is 24.6 Å². The molecule has 3 atom stereocenters. The Morgan fingerprint density at radius 1 is 1.15 bits per heavy atom. The lowest BCUT2D eigenvalue weighted by atomic mass is 9.98. The molecule has 0 saturated heterocycles. The third-order valence-electron chi connectivity index (χ3n) is 8.05. The molecule has 2 aromatic carbocycles. The highest BCUT2D eigenvalue weighted by Crippen LogP contribution is 2.45. The van der Waals surface area contributed by atoms with Gasteiger partial charge in [0.1, 0.15) is 17.6 Å². The van der Waals surface area contributed by atoms with E-state index in [1.54, 1.807) is 17.8 Å². The van der Waals surface area contributed by atoms with E-state index in [4.69, 9.17) is 4.74 Å². The number of aliphatic hydroxyl groups excluding tert-OH is 1. The van der Waals surface area contributed by atoms with Gasteiger partial charge in [0.15, 0.2) is 0 Å². The highest BCUT2D eigenvalue weighted by atomic mass is 32.2. The predicted octanol–water partition coefficient (Wildman–Crippen LogP) is 4.25. The number of amides is 2. The largest absolute Gasteiger partial charge is 0.493 e. The van der Waals surface area contributed by atoms with Crippen molar-refractivity contribution >= 4 is 23.6 Å². The third-order valence-corrected chi connectivity index (χ3v) is 8.69. The minimum atomic E-state index is -0.950. The molecule has 224 valence electrons. The van der Waals surface area contributed by atoms with Crippen LogP contribution in [0.5, 0.6) is 5.75 Å². The predicted molar refractivity (Wildman–Crippen MR) is 162 cm³/mol. The molecule has 0 aromatic heterocycles. The summed E-state index contributed by atoms with van der Waals surface area (Å²) in [5.41, 5.74) is 2.91. The van der Waals surface area contributed by atoms with Crippen molar-refractivity contribution in [2.45, 2.75) is 88.4 Å². The fraction of sp³-hybridized carbons (Fsp3) is 0.562. The van der Waals surface area contributed by atoms with E-state index in [9.17, 15) is 19.1 Å². The average Bonchev–Trinajstić information content (AvgIpc) is 3.76. The first-order valence-electron chi connectivity index (χ1n) is 14.9. The quantitative estimate of drug-likeness (QED) is 0.351. The van der Waals surface area contributed by atoms with Gasteiger partial charge in [0.2, 0.25) is 11.8 Å². The zero-order chi connectivity index (χ0) is 29.2. The zero-order valence-electron chi connectivity index (χ0n) is 24.2. The van der Waals surface area contributed by atoms with E-state index in [1.165, 1.54) is 23.3 Å². The van der Waals surface area contributed by atoms with Crippen molar-refractivity contribution in [2.24, 2.45) is 0 Å². The number of carbonyl (C=O) groups is 2. The number of carbonyl (C=O) groups excluding carboxylic acids is 2. The summed E-state index contributed by atoms with van der Waals surface area (Å²) < 4.78 is 20.4. The number of halogens is 1. The second-order valence-corrected chi connectivity index (χ2v) is 12.2. The molecule has 4 rings (SSSR count). The van der Waals surface area contributed by atoms with Gasteiger partial charge >= 0.3 is 0 Å². The second kappa shape index (κ2) is 15.0. The van der Waals surface area contributed by atoms with Crippen molar-refractivity contribution in [1.29, 1.82) is 0 Å².